The number of thioether (sulfide) groups is 1. The van der Waals surface area contributed by atoms with Gasteiger partial charge in [-0.05, 0) is 36.8 Å². The highest BCUT2D eigenvalue weighted by molar-refractivity contribution is 8.00. The molecule has 3 rings (SSSR count). The van der Waals surface area contributed by atoms with E-state index in [9.17, 15) is 4.79 Å². The number of nitrogens with zero attached hydrogens (tertiary/aromatic N) is 3. The predicted molar refractivity (Wildman–Crippen MR) is 70.0 cm³/mol. The zero-order valence-electron chi connectivity index (χ0n) is 9.74. The molecule has 1 N–H and O–H groups in total. The Kier molecular flexibility index (Phi) is 2.95. The van der Waals surface area contributed by atoms with Crippen LogP contribution in [0.15, 0.2) is 18.2 Å². The van der Waals surface area contributed by atoms with E-state index in [1.54, 1.807) is 18.2 Å². The first-order valence-electron chi connectivity index (χ1n) is 5.92. The highest BCUT2D eigenvalue weighted by Gasteiger charge is 2.18. The molecular formula is C12H13N3O2S. The fourth-order valence-electron chi connectivity index (χ4n) is 2.21. The lowest BCUT2D eigenvalue weighted by atomic mass is 10.2. The van der Waals surface area contributed by atoms with Crippen molar-refractivity contribution in [2.75, 3.05) is 5.75 Å². The van der Waals surface area contributed by atoms with E-state index in [0.29, 0.717) is 5.25 Å². The van der Waals surface area contributed by atoms with E-state index in [-0.39, 0.29) is 5.56 Å². The smallest absolute Gasteiger partial charge is 0.335 e. The van der Waals surface area contributed by atoms with Crippen LogP contribution in [0.2, 0.25) is 0 Å². The monoisotopic (exact) mass is 263 g/mol. The number of aromatic carboxylic acids is 1. The molecule has 0 amide bonds. The van der Waals surface area contributed by atoms with Crippen molar-refractivity contribution in [3.8, 4) is 0 Å². The van der Waals surface area contributed by atoms with E-state index >= 15 is 0 Å². The lowest BCUT2D eigenvalue weighted by Gasteiger charge is -2.08. The number of carboxylic acid groups (broad SMARTS) is 1. The zero-order chi connectivity index (χ0) is 12.5. The number of fused-ring (bicyclic) bond motifs is 1. The summed E-state index contributed by atoms with van der Waals surface area (Å²) < 4.78 is 1.82. The van der Waals surface area contributed by atoms with Crippen molar-refractivity contribution in [3.63, 3.8) is 0 Å². The van der Waals surface area contributed by atoms with Gasteiger partial charge < -0.3 is 5.11 Å². The van der Waals surface area contributed by atoms with Crippen LogP contribution in [0.1, 0.15) is 23.2 Å². The van der Waals surface area contributed by atoms with Gasteiger partial charge in [0.05, 0.1) is 17.6 Å². The Morgan fingerprint density at radius 3 is 3.17 bits per heavy atom. The van der Waals surface area contributed by atoms with Crippen molar-refractivity contribution < 1.29 is 9.90 Å². The van der Waals surface area contributed by atoms with Crippen LogP contribution in [0.5, 0.6) is 0 Å². The van der Waals surface area contributed by atoms with Gasteiger partial charge in [-0.2, -0.15) is 11.8 Å². The first-order chi connectivity index (χ1) is 8.74. The largest absolute Gasteiger partial charge is 0.478 e. The molecule has 0 aliphatic carbocycles. The summed E-state index contributed by atoms with van der Waals surface area (Å²) in [5.74, 6) is 0.289. The highest BCUT2D eigenvalue weighted by atomic mass is 32.2. The Balaban J connectivity index is 1.95. The van der Waals surface area contributed by atoms with Crippen LogP contribution < -0.4 is 0 Å². The minimum atomic E-state index is -0.917. The standard InChI is InChI=1S/C12H13N3O2S/c16-12(17)8-3-4-10-11(6-8)15(14-13-10)7-9-2-1-5-18-9/h3-4,6,9H,1-2,5,7H2,(H,16,17). The molecule has 1 aromatic carbocycles. The second-order valence-corrected chi connectivity index (χ2v) is 5.82. The number of hydrogen-bond acceptors (Lipinski definition) is 4. The van der Waals surface area contributed by atoms with Crippen molar-refractivity contribution in [2.45, 2.75) is 24.6 Å². The van der Waals surface area contributed by atoms with Crippen molar-refractivity contribution in [3.05, 3.63) is 23.8 Å². The Bertz CT molecular complexity index is 590. The Morgan fingerprint density at radius 1 is 1.56 bits per heavy atom. The predicted octanol–water partition coefficient (Wildman–Crippen LogP) is 2.03. The molecule has 1 aromatic heterocycles. The summed E-state index contributed by atoms with van der Waals surface area (Å²) in [6.45, 7) is 0.810. The summed E-state index contributed by atoms with van der Waals surface area (Å²) in [6.07, 6.45) is 2.45. The number of rotatable bonds is 3. The van der Waals surface area contributed by atoms with E-state index in [0.717, 1.165) is 17.6 Å². The van der Waals surface area contributed by atoms with Crippen LogP contribution >= 0.6 is 11.8 Å². The third-order valence-electron chi connectivity index (χ3n) is 3.16. The fourth-order valence-corrected chi connectivity index (χ4v) is 3.46. The molecule has 2 heterocycles. The van der Waals surface area contributed by atoms with E-state index in [1.807, 2.05) is 16.4 Å². The summed E-state index contributed by atoms with van der Waals surface area (Å²) in [6, 6.07) is 4.93. The maximum Gasteiger partial charge on any atom is 0.335 e. The number of carbonyl (C=O) groups is 1. The molecule has 2 aromatic rings. The summed E-state index contributed by atoms with van der Waals surface area (Å²) >= 11 is 1.95. The molecule has 1 aliphatic rings. The van der Waals surface area contributed by atoms with E-state index in [4.69, 9.17) is 5.11 Å². The number of benzene rings is 1. The lowest BCUT2D eigenvalue weighted by Crippen LogP contribution is -2.11. The average molecular weight is 263 g/mol. The minimum absolute atomic E-state index is 0.283. The highest BCUT2D eigenvalue weighted by Crippen LogP contribution is 2.28. The molecule has 0 radical (unpaired) electrons. The molecule has 5 nitrogen and oxygen atoms in total. The Hall–Kier alpha value is -1.56. The molecular weight excluding hydrogens is 250 g/mol. The van der Waals surface area contributed by atoms with Crippen LogP contribution in [0.4, 0.5) is 0 Å². The molecule has 0 bridgehead atoms. The third kappa shape index (κ3) is 2.08. The van der Waals surface area contributed by atoms with Gasteiger partial charge in [-0.1, -0.05) is 5.21 Å². The van der Waals surface area contributed by atoms with Gasteiger partial charge in [0.25, 0.3) is 0 Å². The maximum absolute atomic E-state index is 11.0. The van der Waals surface area contributed by atoms with E-state index in [1.165, 1.54) is 18.6 Å². The average Bonchev–Trinajstić information content (AvgIpc) is 2.99. The van der Waals surface area contributed by atoms with Crippen LogP contribution in [-0.4, -0.2) is 37.1 Å². The van der Waals surface area contributed by atoms with Crippen molar-refractivity contribution in [1.82, 2.24) is 15.0 Å². The van der Waals surface area contributed by atoms with Crippen LogP contribution in [0.3, 0.4) is 0 Å². The van der Waals surface area contributed by atoms with Crippen molar-refractivity contribution >= 4 is 28.8 Å². The van der Waals surface area contributed by atoms with Gasteiger partial charge in [-0.15, -0.1) is 5.10 Å². The summed E-state index contributed by atoms with van der Waals surface area (Å²) in [4.78, 5) is 11.0. The minimum Gasteiger partial charge on any atom is -0.478 e. The molecule has 0 saturated carbocycles. The van der Waals surface area contributed by atoms with Crippen LogP contribution in [0, 0.1) is 0 Å². The fraction of sp³-hybridized carbons (Fsp3) is 0.417. The zero-order valence-corrected chi connectivity index (χ0v) is 10.6. The normalized spacial score (nSPS) is 19.4. The van der Waals surface area contributed by atoms with Crippen molar-refractivity contribution in [2.24, 2.45) is 0 Å². The summed E-state index contributed by atoms with van der Waals surface area (Å²) in [5, 5.41) is 17.8. The topological polar surface area (TPSA) is 68.0 Å². The van der Waals surface area contributed by atoms with Gasteiger partial charge in [0.1, 0.15) is 5.52 Å². The first-order valence-corrected chi connectivity index (χ1v) is 6.97. The molecule has 0 spiro atoms. The van der Waals surface area contributed by atoms with Gasteiger partial charge >= 0.3 is 5.97 Å². The molecule has 6 heteroatoms. The van der Waals surface area contributed by atoms with E-state index in [2.05, 4.69) is 10.3 Å². The molecule has 18 heavy (non-hydrogen) atoms. The Labute approximate surface area is 108 Å². The molecule has 94 valence electrons. The third-order valence-corrected chi connectivity index (χ3v) is 4.54. The molecule has 1 saturated heterocycles. The van der Waals surface area contributed by atoms with Crippen molar-refractivity contribution in [1.29, 1.82) is 0 Å². The van der Waals surface area contributed by atoms with Crippen LogP contribution in [-0.2, 0) is 6.54 Å². The summed E-state index contributed by atoms with van der Waals surface area (Å²) in [7, 11) is 0. The molecule has 1 unspecified atom stereocenters. The van der Waals surface area contributed by atoms with Gasteiger partial charge in [-0.25, -0.2) is 9.48 Å². The molecule has 1 fully saturated rings. The van der Waals surface area contributed by atoms with Gasteiger partial charge in [0.15, 0.2) is 0 Å². The summed E-state index contributed by atoms with van der Waals surface area (Å²) in [5.41, 5.74) is 1.84. The number of hydrogen-bond donors (Lipinski definition) is 1. The van der Waals surface area contributed by atoms with E-state index < -0.39 is 5.97 Å². The number of aromatic nitrogens is 3. The maximum atomic E-state index is 11.0. The number of carboxylic acids is 1. The van der Waals surface area contributed by atoms with Gasteiger partial charge in [0.2, 0.25) is 0 Å². The first kappa shape index (κ1) is 11.5. The van der Waals surface area contributed by atoms with Crippen LogP contribution in [0.25, 0.3) is 11.0 Å². The molecule has 1 atom stereocenters. The Morgan fingerprint density at radius 2 is 2.44 bits per heavy atom. The van der Waals surface area contributed by atoms with Gasteiger partial charge in [0, 0.05) is 5.25 Å². The quantitative estimate of drug-likeness (QED) is 0.917. The lowest BCUT2D eigenvalue weighted by molar-refractivity contribution is 0.0697. The second-order valence-electron chi connectivity index (χ2n) is 4.42. The molecule has 1 aliphatic heterocycles. The second kappa shape index (κ2) is 4.61. The van der Waals surface area contributed by atoms with Gasteiger partial charge in [-0.3, -0.25) is 0 Å². The SMILES string of the molecule is O=C(O)c1ccc2nnn(CC3CCCS3)c2c1.